The molecule has 18 heavy (non-hydrogen) atoms. The zero-order valence-electron chi connectivity index (χ0n) is 10.9. The molecule has 3 N–H and O–H groups in total. The SMILES string of the molecule is CCn1nc(C)c(N)c1Nc1ccc(SC)cc1. The lowest BCUT2D eigenvalue weighted by molar-refractivity contribution is 0.661. The second-order valence-corrected chi connectivity index (χ2v) is 4.90. The highest BCUT2D eigenvalue weighted by atomic mass is 32.2. The van der Waals surface area contributed by atoms with Crippen LogP contribution >= 0.6 is 11.8 Å². The van der Waals surface area contributed by atoms with E-state index in [0.717, 1.165) is 23.7 Å². The molecule has 0 unspecified atom stereocenters. The fourth-order valence-electron chi connectivity index (χ4n) is 1.77. The Labute approximate surface area is 112 Å². The molecule has 0 spiro atoms. The van der Waals surface area contributed by atoms with Gasteiger partial charge in [-0.3, -0.25) is 0 Å². The summed E-state index contributed by atoms with van der Waals surface area (Å²) in [5.41, 5.74) is 8.63. The van der Waals surface area contributed by atoms with Crippen molar-refractivity contribution in [1.29, 1.82) is 0 Å². The maximum Gasteiger partial charge on any atom is 0.152 e. The predicted molar refractivity (Wildman–Crippen MR) is 78.6 cm³/mol. The molecule has 0 radical (unpaired) electrons. The van der Waals surface area contributed by atoms with Gasteiger partial charge in [-0.05, 0) is 44.4 Å². The van der Waals surface area contributed by atoms with E-state index in [2.05, 4.69) is 28.8 Å². The van der Waals surface area contributed by atoms with E-state index in [1.807, 2.05) is 30.7 Å². The predicted octanol–water partition coefficient (Wildman–Crippen LogP) is 3.26. The molecule has 2 aromatic rings. The number of aromatic nitrogens is 2. The molecule has 1 aromatic carbocycles. The first-order valence-electron chi connectivity index (χ1n) is 5.89. The van der Waals surface area contributed by atoms with Gasteiger partial charge in [-0.2, -0.15) is 5.10 Å². The van der Waals surface area contributed by atoms with Crippen molar-refractivity contribution in [2.75, 3.05) is 17.3 Å². The highest BCUT2D eigenvalue weighted by Crippen LogP contribution is 2.27. The van der Waals surface area contributed by atoms with Crippen LogP contribution in [0.15, 0.2) is 29.2 Å². The molecule has 0 atom stereocenters. The average molecular weight is 262 g/mol. The van der Waals surface area contributed by atoms with E-state index >= 15 is 0 Å². The molecule has 0 aliphatic heterocycles. The number of anilines is 3. The van der Waals surface area contributed by atoms with E-state index in [1.54, 1.807) is 11.8 Å². The molecule has 2 rings (SSSR count). The topological polar surface area (TPSA) is 55.9 Å². The number of hydrogen-bond donors (Lipinski definition) is 2. The number of nitrogens with one attached hydrogen (secondary N) is 1. The van der Waals surface area contributed by atoms with Gasteiger partial charge in [0.1, 0.15) is 0 Å². The van der Waals surface area contributed by atoms with Crippen LogP contribution in [0.5, 0.6) is 0 Å². The van der Waals surface area contributed by atoms with Gasteiger partial charge in [-0.25, -0.2) is 4.68 Å². The lowest BCUT2D eigenvalue weighted by Gasteiger charge is -2.09. The van der Waals surface area contributed by atoms with E-state index in [4.69, 9.17) is 5.73 Å². The van der Waals surface area contributed by atoms with E-state index in [0.29, 0.717) is 5.69 Å². The van der Waals surface area contributed by atoms with Gasteiger partial charge in [0.2, 0.25) is 0 Å². The van der Waals surface area contributed by atoms with Crippen LogP contribution in [0.3, 0.4) is 0 Å². The number of nitrogens with zero attached hydrogens (tertiary/aromatic N) is 2. The molecule has 1 heterocycles. The molecule has 0 amide bonds. The fraction of sp³-hybridized carbons (Fsp3) is 0.308. The first-order valence-corrected chi connectivity index (χ1v) is 7.12. The number of nitrogens with two attached hydrogens (primary N) is 1. The van der Waals surface area contributed by atoms with Crippen molar-refractivity contribution in [3.63, 3.8) is 0 Å². The number of rotatable bonds is 4. The molecular weight excluding hydrogens is 244 g/mol. The molecule has 0 bridgehead atoms. The Balaban J connectivity index is 2.27. The quantitative estimate of drug-likeness (QED) is 0.830. The van der Waals surface area contributed by atoms with Crippen molar-refractivity contribution in [3.8, 4) is 0 Å². The van der Waals surface area contributed by atoms with Gasteiger partial charge in [0, 0.05) is 17.1 Å². The van der Waals surface area contributed by atoms with Crippen molar-refractivity contribution >= 4 is 29.0 Å². The molecule has 96 valence electrons. The monoisotopic (exact) mass is 262 g/mol. The Kier molecular flexibility index (Phi) is 3.81. The van der Waals surface area contributed by atoms with E-state index in [1.165, 1.54) is 4.90 Å². The number of nitrogen functional groups attached to an aromatic ring is 1. The second-order valence-electron chi connectivity index (χ2n) is 4.02. The maximum atomic E-state index is 6.03. The van der Waals surface area contributed by atoms with Crippen molar-refractivity contribution in [2.24, 2.45) is 0 Å². The molecule has 0 fully saturated rings. The average Bonchev–Trinajstić information content (AvgIpc) is 2.67. The van der Waals surface area contributed by atoms with Crippen LogP contribution in [-0.2, 0) is 6.54 Å². The van der Waals surface area contributed by atoms with Crippen LogP contribution in [0, 0.1) is 6.92 Å². The Morgan fingerprint density at radius 3 is 2.56 bits per heavy atom. The smallest absolute Gasteiger partial charge is 0.152 e. The summed E-state index contributed by atoms with van der Waals surface area (Å²) in [6.07, 6.45) is 2.07. The first-order chi connectivity index (χ1) is 8.65. The van der Waals surface area contributed by atoms with Crippen molar-refractivity contribution in [3.05, 3.63) is 30.0 Å². The highest BCUT2D eigenvalue weighted by molar-refractivity contribution is 7.98. The second kappa shape index (κ2) is 5.35. The minimum absolute atomic E-state index is 0.714. The van der Waals surface area contributed by atoms with E-state index in [-0.39, 0.29) is 0 Å². The lowest BCUT2D eigenvalue weighted by atomic mass is 10.3. The van der Waals surface area contributed by atoms with Gasteiger partial charge < -0.3 is 11.1 Å². The summed E-state index contributed by atoms with van der Waals surface area (Å²) in [5.74, 6) is 0.868. The molecule has 0 saturated carbocycles. The highest BCUT2D eigenvalue weighted by Gasteiger charge is 2.11. The molecule has 0 saturated heterocycles. The van der Waals surface area contributed by atoms with Crippen LogP contribution < -0.4 is 11.1 Å². The Hall–Kier alpha value is -1.62. The van der Waals surface area contributed by atoms with Crippen molar-refractivity contribution in [1.82, 2.24) is 9.78 Å². The number of benzene rings is 1. The van der Waals surface area contributed by atoms with Crippen LogP contribution in [0.2, 0.25) is 0 Å². The summed E-state index contributed by atoms with van der Waals surface area (Å²) < 4.78 is 1.88. The van der Waals surface area contributed by atoms with Gasteiger partial charge in [0.25, 0.3) is 0 Å². The van der Waals surface area contributed by atoms with Gasteiger partial charge in [-0.15, -0.1) is 11.8 Å². The third kappa shape index (κ3) is 2.46. The van der Waals surface area contributed by atoms with Gasteiger partial charge in [0.05, 0.1) is 11.4 Å². The Bertz CT molecular complexity index is 531. The Morgan fingerprint density at radius 1 is 1.33 bits per heavy atom. The molecule has 1 aromatic heterocycles. The van der Waals surface area contributed by atoms with Gasteiger partial charge in [0.15, 0.2) is 5.82 Å². The molecule has 0 aliphatic carbocycles. The van der Waals surface area contributed by atoms with Gasteiger partial charge >= 0.3 is 0 Å². The summed E-state index contributed by atoms with van der Waals surface area (Å²) in [6.45, 7) is 4.76. The molecular formula is C13H18N4S. The summed E-state index contributed by atoms with van der Waals surface area (Å²) in [4.78, 5) is 1.24. The summed E-state index contributed by atoms with van der Waals surface area (Å²) >= 11 is 1.73. The Morgan fingerprint density at radius 2 is 2.00 bits per heavy atom. The minimum atomic E-state index is 0.714. The summed E-state index contributed by atoms with van der Waals surface area (Å²) in [7, 11) is 0. The fourth-order valence-corrected chi connectivity index (χ4v) is 2.18. The molecule has 5 heteroatoms. The van der Waals surface area contributed by atoms with E-state index < -0.39 is 0 Å². The zero-order chi connectivity index (χ0) is 13.1. The van der Waals surface area contributed by atoms with Gasteiger partial charge in [-0.1, -0.05) is 0 Å². The lowest BCUT2D eigenvalue weighted by Crippen LogP contribution is -2.04. The number of hydrogen-bond acceptors (Lipinski definition) is 4. The van der Waals surface area contributed by atoms with Crippen LogP contribution in [0.4, 0.5) is 17.2 Å². The normalized spacial score (nSPS) is 10.6. The number of thioether (sulfide) groups is 1. The van der Waals surface area contributed by atoms with Crippen LogP contribution in [0.25, 0.3) is 0 Å². The molecule has 0 aliphatic rings. The summed E-state index contributed by atoms with van der Waals surface area (Å²) in [6, 6.07) is 8.27. The summed E-state index contributed by atoms with van der Waals surface area (Å²) in [5, 5.41) is 7.71. The maximum absolute atomic E-state index is 6.03. The first kappa shape index (κ1) is 12.8. The standard InChI is InChI=1S/C13H18N4S/c1-4-17-13(12(14)9(2)16-17)15-10-5-7-11(18-3)8-6-10/h5-8,15H,4,14H2,1-3H3. The third-order valence-electron chi connectivity index (χ3n) is 2.83. The zero-order valence-corrected chi connectivity index (χ0v) is 11.7. The van der Waals surface area contributed by atoms with E-state index in [9.17, 15) is 0 Å². The largest absolute Gasteiger partial charge is 0.394 e. The third-order valence-corrected chi connectivity index (χ3v) is 3.57. The van der Waals surface area contributed by atoms with Crippen molar-refractivity contribution < 1.29 is 0 Å². The van der Waals surface area contributed by atoms with Crippen LogP contribution in [-0.4, -0.2) is 16.0 Å². The van der Waals surface area contributed by atoms with Crippen molar-refractivity contribution in [2.45, 2.75) is 25.3 Å². The van der Waals surface area contributed by atoms with Crippen LogP contribution in [0.1, 0.15) is 12.6 Å². The minimum Gasteiger partial charge on any atom is -0.394 e. The molecule has 4 nitrogen and oxygen atoms in total. The number of aryl methyl sites for hydroxylation is 2.